The summed E-state index contributed by atoms with van der Waals surface area (Å²) in [4.78, 5) is 5.93. The summed E-state index contributed by atoms with van der Waals surface area (Å²) >= 11 is 0. The molecule has 1 rings (SSSR count). The largest absolute Gasteiger partial charge is 0.358 e. The van der Waals surface area contributed by atoms with Gasteiger partial charge in [0.2, 0.25) is 0 Å². The highest BCUT2D eigenvalue weighted by Gasteiger charge is 2.18. The highest BCUT2D eigenvalue weighted by atomic mass is 19.1. The zero-order valence-corrected chi connectivity index (χ0v) is 6.60. The van der Waals surface area contributed by atoms with Crippen molar-refractivity contribution in [1.82, 2.24) is 4.98 Å². The van der Waals surface area contributed by atoms with E-state index in [0.29, 0.717) is 0 Å². The van der Waals surface area contributed by atoms with E-state index in [2.05, 4.69) is 9.83 Å². The summed E-state index contributed by atoms with van der Waals surface area (Å²) in [6.45, 7) is 7.67. The monoisotopic (exact) mass is 179 g/mol. The highest BCUT2D eigenvalue weighted by Crippen LogP contribution is 2.22. The summed E-state index contributed by atoms with van der Waals surface area (Å²) < 4.78 is 25.9. The number of nitriles is 1. The van der Waals surface area contributed by atoms with Crippen LogP contribution in [0.25, 0.3) is 4.85 Å². The number of nitrogens with zero attached hydrogens (tertiary/aromatic N) is 3. The van der Waals surface area contributed by atoms with Crippen molar-refractivity contribution in [3.05, 3.63) is 34.3 Å². The summed E-state index contributed by atoms with van der Waals surface area (Å²) in [6.07, 6.45) is 0. The lowest BCUT2D eigenvalue weighted by Gasteiger charge is -1.98. The smallest absolute Gasteiger partial charge is 0.307 e. The minimum Gasteiger partial charge on any atom is -0.358 e. The Balaban J connectivity index is 3.60. The van der Waals surface area contributed by atoms with Gasteiger partial charge in [-0.15, -0.1) is 4.98 Å². The lowest BCUT2D eigenvalue weighted by atomic mass is 10.2. The molecule has 1 aromatic rings. The molecule has 0 aromatic carbocycles. The van der Waals surface area contributed by atoms with Crippen molar-refractivity contribution in [1.29, 1.82) is 5.26 Å². The zero-order chi connectivity index (χ0) is 10.0. The van der Waals surface area contributed by atoms with Gasteiger partial charge >= 0.3 is 5.82 Å². The maximum atomic E-state index is 13.0. The molecule has 0 spiro atoms. The first-order valence-corrected chi connectivity index (χ1v) is 3.25. The Bertz CT molecular complexity index is 402. The van der Waals surface area contributed by atoms with E-state index in [0.717, 1.165) is 6.92 Å². The van der Waals surface area contributed by atoms with Crippen molar-refractivity contribution in [2.24, 2.45) is 0 Å². The fraction of sp³-hybridized carbons (Fsp3) is 0.125. The molecule has 0 saturated carbocycles. The molecule has 5 heteroatoms. The van der Waals surface area contributed by atoms with Gasteiger partial charge in [-0.05, 0) is 6.92 Å². The third-order valence-electron chi connectivity index (χ3n) is 1.49. The van der Waals surface area contributed by atoms with Crippen molar-refractivity contribution in [2.75, 3.05) is 0 Å². The van der Waals surface area contributed by atoms with E-state index in [1.54, 1.807) is 0 Å². The predicted molar refractivity (Wildman–Crippen MR) is 39.9 cm³/mol. The second kappa shape index (κ2) is 3.16. The Hall–Kier alpha value is -2.01. The minimum atomic E-state index is -1.01. The molecule has 3 nitrogen and oxygen atoms in total. The summed E-state index contributed by atoms with van der Waals surface area (Å²) in [5, 5.41) is 8.38. The average Bonchev–Trinajstić information content (AvgIpc) is 2.15. The van der Waals surface area contributed by atoms with E-state index < -0.39 is 23.1 Å². The van der Waals surface area contributed by atoms with E-state index in [1.807, 2.05) is 0 Å². The Morgan fingerprint density at radius 2 is 2.08 bits per heavy atom. The lowest BCUT2D eigenvalue weighted by molar-refractivity contribution is 0.560. The Morgan fingerprint density at radius 1 is 1.46 bits per heavy atom. The number of rotatable bonds is 0. The number of halogens is 2. The van der Waals surface area contributed by atoms with E-state index in [4.69, 9.17) is 11.8 Å². The summed E-state index contributed by atoms with van der Waals surface area (Å²) in [6, 6.07) is 1.44. The molecule has 0 aliphatic carbocycles. The number of hydrogen-bond donors (Lipinski definition) is 0. The predicted octanol–water partition coefficient (Wildman–Crippen LogP) is 2.09. The fourth-order valence-electron chi connectivity index (χ4n) is 0.794. The molecule has 1 aromatic heterocycles. The Morgan fingerprint density at radius 3 is 2.54 bits per heavy atom. The van der Waals surface area contributed by atoms with Crippen molar-refractivity contribution in [3.8, 4) is 6.07 Å². The van der Waals surface area contributed by atoms with Gasteiger partial charge in [0.1, 0.15) is 6.07 Å². The van der Waals surface area contributed by atoms with Crippen LogP contribution in [0.15, 0.2) is 0 Å². The van der Waals surface area contributed by atoms with Crippen LogP contribution in [0.4, 0.5) is 14.6 Å². The van der Waals surface area contributed by atoms with Gasteiger partial charge in [0.25, 0.3) is 5.69 Å². The third-order valence-corrected chi connectivity index (χ3v) is 1.49. The molecule has 0 fully saturated rings. The summed E-state index contributed by atoms with van der Waals surface area (Å²) in [5.74, 6) is -2.59. The molecule has 0 amide bonds. The Labute approximate surface area is 73.1 Å². The fourth-order valence-corrected chi connectivity index (χ4v) is 0.794. The standard InChI is InChI=1S/C8H3F2N3/c1-4-6(9)5(3-11)13-8(12-2)7(4)10/h1H3. The number of aromatic nitrogens is 1. The molecule has 0 radical (unpaired) electrons. The van der Waals surface area contributed by atoms with E-state index in [9.17, 15) is 8.78 Å². The second-order valence-electron chi connectivity index (χ2n) is 2.26. The Kier molecular flexibility index (Phi) is 2.21. The first-order valence-electron chi connectivity index (χ1n) is 3.25. The molecular formula is C8H3F2N3. The molecule has 0 aliphatic heterocycles. The van der Waals surface area contributed by atoms with Gasteiger partial charge in [0, 0.05) is 5.56 Å². The van der Waals surface area contributed by atoms with E-state index >= 15 is 0 Å². The van der Waals surface area contributed by atoms with Crippen LogP contribution in [-0.2, 0) is 0 Å². The van der Waals surface area contributed by atoms with Gasteiger partial charge in [-0.1, -0.05) is 6.57 Å². The SMILES string of the molecule is [C-]#[N+]c1nc(C#N)c(F)c(C)c1F. The molecule has 0 atom stereocenters. The molecule has 13 heavy (non-hydrogen) atoms. The third kappa shape index (κ3) is 1.32. The van der Waals surface area contributed by atoms with Crippen molar-refractivity contribution < 1.29 is 8.78 Å². The number of hydrogen-bond acceptors (Lipinski definition) is 2. The van der Waals surface area contributed by atoms with Crippen LogP contribution in [0.5, 0.6) is 0 Å². The van der Waals surface area contributed by atoms with Crippen LogP contribution >= 0.6 is 0 Å². The van der Waals surface area contributed by atoms with Gasteiger partial charge in [-0.2, -0.15) is 5.26 Å². The van der Waals surface area contributed by atoms with Gasteiger partial charge < -0.3 is 4.85 Å². The van der Waals surface area contributed by atoms with Gasteiger partial charge in [0.15, 0.2) is 11.6 Å². The average molecular weight is 179 g/mol. The maximum Gasteiger partial charge on any atom is 0.307 e. The van der Waals surface area contributed by atoms with E-state index in [-0.39, 0.29) is 5.56 Å². The first kappa shape index (κ1) is 9.08. The van der Waals surface area contributed by atoms with Crippen LogP contribution < -0.4 is 0 Å². The van der Waals surface area contributed by atoms with Crippen LogP contribution in [0.3, 0.4) is 0 Å². The van der Waals surface area contributed by atoms with Gasteiger partial charge in [0.05, 0.1) is 0 Å². The van der Waals surface area contributed by atoms with Crippen molar-refractivity contribution >= 4 is 5.82 Å². The molecule has 0 N–H and O–H groups in total. The molecule has 0 aliphatic rings. The highest BCUT2D eigenvalue weighted by molar-refractivity contribution is 5.45. The zero-order valence-electron chi connectivity index (χ0n) is 6.60. The van der Waals surface area contributed by atoms with Crippen molar-refractivity contribution in [2.45, 2.75) is 6.92 Å². The summed E-state index contributed by atoms with van der Waals surface area (Å²) in [7, 11) is 0. The minimum absolute atomic E-state index is 0.349. The van der Waals surface area contributed by atoms with Crippen LogP contribution in [-0.4, -0.2) is 4.98 Å². The van der Waals surface area contributed by atoms with Crippen LogP contribution in [0, 0.1) is 36.5 Å². The molecule has 64 valence electrons. The maximum absolute atomic E-state index is 13.0. The molecule has 1 heterocycles. The topological polar surface area (TPSA) is 41.0 Å². The van der Waals surface area contributed by atoms with Crippen LogP contribution in [0.1, 0.15) is 11.3 Å². The van der Waals surface area contributed by atoms with Gasteiger partial charge in [-0.25, -0.2) is 8.78 Å². The normalized spacial score (nSPS) is 9.00. The van der Waals surface area contributed by atoms with Crippen molar-refractivity contribution in [3.63, 3.8) is 0 Å². The van der Waals surface area contributed by atoms with E-state index in [1.165, 1.54) is 6.07 Å². The van der Waals surface area contributed by atoms with Gasteiger partial charge in [-0.3, -0.25) is 0 Å². The first-order chi connectivity index (χ1) is 6.11. The second-order valence-corrected chi connectivity index (χ2v) is 2.26. The van der Waals surface area contributed by atoms with Crippen LogP contribution in [0.2, 0.25) is 0 Å². The molecule has 0 bridgehead atoms. The lowest BCUT2D eigenvalue weighted by Crippen LogP contribution is -1.97. The quantitative estimate of drug-likeness (QED) is 0.572. The summed E-state index contributed by atoms with van der Waals surface area (Å²) in [5.41, 5.74) is -0.901. The molecule has 0 saturated heterocycles. The molecular weight excluding hydrogens is 176 g/mol. The number of pyridine rings is 1. The molecule has 0 unspecified atom stereocenters.